The fraction of sp³-hybridized carbons (Fsp3) is 0.211. The first-order valence-electron chi connectivity index (χ1n) is 7.96. The van der Waals surface area contributed by atoms with Crippen LogP contribution in [0.15, 0.2) is 42.5 Å². The number of allylic oxidation sites excluding steroid dienone is 1. The number of ketones is 1. The van der Waals surface area contributed by atoms with Crippen molar-refractivity contribution in [3.05, 3.63) is 63.7 Å². The van der Waals surface area contributed by atoms with Gasteiger partial charge in [-0.3, -0.25) is 14.9 Å². The van der Waals surface area contributed by atoms with E-state index in [1.807, 2.05) is 0 Å². The minimum atomic E-state index is -0.723. The van der Waals surface area contributed by atoms with Gasteiger partial charge >= 0.3 is 5.69 Å². The van der Waals surface area contributed by atoms with Crippen molar-refractivity contribution in [2.75, 3.05) is 27.4 Å². The standard InChI is InChI=1S/C19H19NO7/c1-25-9-10-27-15-6-4-14(5-7-15)17(21)8-3-13-11-16(20(23)24)19(22)18(12-13)26-2/h3-8,11-12,22H,9-10H2,1-2H3/b8-3+. The van der Waals surface area contributed by atoms with E-state index in [4.69, 9.17) is 14.2 Å². The molecule has 27 heavy (non-hydrogen) atoms. The third-order valence-electron chi connectivity index (χ3n) is 3.62. The number of rotatable bonds is 9. The first-order valence-corrected chi connectivity index (χ1v) is 7.96. The van der Waals surface area contributed by atoms with Crippen LogP contribution in [0, 0.1) is 10.1 Å². The lowest BCUT2D eigenvalue weighted by Gasteiger charge is -2.06. The zero-order valence-electron chi connectivity index (χ0n) is 14.9. The van der Waals surface area contributed by atoms with Crippen molar-refractivity contribution in [3.63, 3.8) is 0 Å². The first kappa shape index (κ1) is 19.9. The van der Waals surface area contributed by atoms with Crippen molar-refractivity contribution < 1.29 is 29.0 Å². The van der Waals surface area contributed by atoms with Crippen LogP contribution in [-0.4, -0.2) is 43.2 Å². The molecule has 2 aromatic carbocycles. The molecule has 0 saturated carbocycles. The number of carbonyl (C=O) groups excluding carboxylic acids is 1. The van der Waals surface area contributed by atoms with Gasteiger partial charge in [-0.2, -0.15) is 0 Å². The molecule has 0 bridgehead atoms. The normalized spacial score (nSPS) is 10.7. The summed E-state index contributed by atoms with van der Waals surface area (Å²) >= 11 is 0. The van der Waals surface area contributed by atoms with Crippen molar-refractivity contribution in [1.29, 1.82) is 0 Å². The number of hydrogen-bond donors (Lipinski definition) is 1. The Morgan fingerprint density at radius 3 is 2.48 bits per heavy atom. The van der Waals surface area contributed by atoms with Crippen molar-refractivity contribution in [2.24, 2.45) is 0 Å². The zero-order valence-corrected chi connectivity index (χ0v) is 14.9. The second-order valence-corrected chi connectivity index (χ2v) is 5.41. The van der Waals surface area contributed by atoms with Crippen LogP contribution in [0.1, 0.15) is 15.9 Å². The number of phenols is 1. The molecule has 0 aliphatic rings. The molecular weight excluding hydrogens is 354 g/mol. The molecule has 0 fully saturated rings. The van der Waals surface area contributed by atoms with Crippen molar-refractivity contribution >= 4 is 17.5 Å². The summed E-state index contributed by atoms with van der Waals surface area (Å²) < 4.78 is 15.2. The van der Waals surface area contributed by atoms with Crippen LogP contribution >= 0.6 is 0 Å². The van der Waals surface area contributed by atoms with E-state index in [1.165, 1.54) is 25.3 Å². The molecule has 8 nitrogen and oxygen atoms in total. The van der Waals surface area contributed by atoms with Crippen LogP contribution in [0.4, 0.5) is 5.69 Å². The summed E-state index contributed by atoms with van der Waals surface area (Å²) in [6, 6.07) is 9.15. The summed E-state index contributed by atoms with van der Waals surface area (Å²) in [4.78, 5) is 22.6. The molecule has 0 unspecified atom stereocenters. The summed E-state index contributed by atoms with van der Waals surface area (Å²) in [6.45, 7) is 0.872. The highest BCUT2D eigenvalue weighted by atomic mass is 16.6. The molecule has 2 rings (SSSR count). The largest absolute Gasteiger partial charge is 0.500 e. The summed E-state index contributed by atoms with van der Waals surface area (Å²) in [5, 5.41) is 20.8. The third-order valence-corrected chi connectivity index (χ3v) is 3.62. The van der Waals surface area contributed by atoms with Crippen molar-refractivity contribution in [3.8, 4) is 17.2 Å². The Bertz CT molecular complexity index is 844. The average Bonchev–Trinajstić information content (AvgIpc) is 2.67. The quantitative estimate of drug-likeness (QED) is 0.236. The number of nitrogens with zero attached hydrogens (tertiary/aromatic N) is 1. The SMILES string of the molecule is COCCOc1ccc(C(=O)/C=C/c2cc(OC)c(O)c([N+](=O)[O-])c2)cc1. The molecule has 8 heteroatoms. The summed E-state index contributed by atoms with van der Waals surface area (Å²) in [5.74, 6) is -0.275. The number of carbonyl (C=O) groups is 1. The number of aromatic hydroxyl groups is 1. The van der Waals surface area contributed by atoms with E-state index < -0.39 is 16.4 Å². The van der Waals surface area contributed by atoms with Gasteiger partial charge in [-0.25, -0.2) is 0 Å². The van der Waals surface area contributed by atoms with Gasteiger partial charge < -0.3 is 19.3 Å². The highest BCUT2D eigenvalue weighted by molar-refractivity contribution is 6.06. The average molecular weight is 373 g/mol. The van der Waals surface area contributed by atoms with Gasteiger partial charge in [0, 0.05) is 18.7 Å². The first-order chi connectivity index (χ1) is 13.0. The van der Waals surface area contributed by atoms with E-state index in [0.29, 0.717) is 30.1 Å². The van der Waals surface area contributed by atoms with Crippen molar-refractivity contribution in [2.45, 2.75) is 0 Å². The predicted octanol–water partition coefficient (Wildman–Crippen LogP) is 3.23. The number of ether oxygens (including phenoxy) is 3. The van der Waals surface area contributed by atoms with E-state index in [9.17, 15) is 20.0 Å². The molecule has 0 atom stereocenters. The molecule has 2 aromatic rings. The fourth-order valence-electron chi connectivity index (χ4n) is 2.23. The van der Waals surface area contributed by atoms with Crippen LogP contribution in [0.3, 0.4) is 0 Å². The molecule has 0 aromatic heterocycles. The summed E-state index contributed by atoms with van der Waals surface area (Å²) in [6.07, 6.45) is 2.70. The van der Waals surface area contributed by atoms with Gasteiger partial charge in [0.1, 0.15) is 12.4 Å². The van der Waals surface area contributed by atoms with E-state index in [-0.39, 0.29) is 11.5 Å². The number of hydrogen-bond acceptors (Lipinski definition) is 7. The van der Waals surface area contributed by atoms with E-state index in [2.05, 4.69) is 0 Å². The van der Waals surface area contributed by atoms with E-state index in [0.717, 1.165) is 6.07 Å². The number of benzene rings is 2. The van der Waals surface area contributed by atoms with E-state index >= 15 is 0 Å². The van der Waals surface area contributed by atoms with Gasteiger partial charge in [-0.1, -0.05) is 6.08 Å². The zero-order chi connectivity index (χ0) is 19.8. The highest BCUT2D eigenvalue weighted by Gasteiger charge is 2.19. The Kier molecular flexibility index (Phi) is 6.90. The second kappa shape index (κ2) is 9.35. The van der Waals surface area contributed by atoms with Crippen molar-refractivity contribution in [1.82, 2.24) is 0 Å². The summed E-state index contributed by atoms with van der Waals surface area (Å²) in [5.41, 5.74) is 0.286. The number of methoxy groups -OCH3 is 2. The predicted molar refractivity (Wildman–Crippen MR) is 98.5 cm³/mol. The third kappa shape index (κ3) is 5.29. The maximum absolute atomic E-state index is 12.3. The molecular formula is C19H19NO7. The Morgan fingerprint density at radius 2 is 1.89 bits per heavy atom. The van der Waals surface area contributed by atoms with Crippen LogP contribution < -0.4 is 9.47 Å². The van der Waals surface area contributed by atoms with Crippen LogP contribution in [-0.2, 0) is 4.74 Å². The van der Waals surface area contributed by atoms with Gasteiger partial charge in [-0.05, 0) is 42.0 Å². The maximum Gasteiger partial charge on any atom is 0.315 e. The molecule has 142 valence electrons. The Labute approximate surface area is 155 Å². The van der Waals surface area contributed by atoms with Gasteiger partial charge in [0.15, 0.2) is 11.5 Å². The van der Waals surface area contributed by atoms with Crippen LogP contribution in [0.2, 0.25) is 0 Å². The van der Waals surface area contributed by atoms with Gasteiger partial charge in [0.25, 0.3) is 0 Å². The van der Waals surface area contributed by atoms with Crippen LogP contribution in [0.25, 0.3) is 6.08 Å². The van der Waals surface area contributed by atoms with Gasteiger partial charge in [0.2, 0.25) is 5.75 Å². The smallest absolute Gasteiger partial charge is 0.315 e. The fourth-order valence-corrected chi connectivity index (χ4v) is 2.23. The van der Waals surface area contributed by atoms with Gasteiger partial charge in [0.05, 0.1) is 18.6 Å². The molecule has 0 saturated heterocycles. The minimum Gasteiger partial charge on any atom is -0.500 e. The number of phenolic OH excluding ortho intramolecular Hbond substituents is 1. The molecule has 0 heterocycles. The molecule has 0 amide bonds. The Hall–Kier alpha value is -3.39. The lowest BCUT2D eigenvalue weighted by Crippen LogP contribution is -2.04. The molecule has 0 radical (unpaired) electrons. The number of nitro benzene ring substituents is 1. The molecule has 0 aliphatic carbocycles. The maximum atomic E-state index is 12.3. The van der Waals surface area contributed by atoms with Crippen LogP contribution in [0.5, 0.6) is 17.2 Å². The highest BCUT2D eigenvalue weighted by Crippen LogP contribution is 2.37. The molecule has 0 aliphatic heterocycles. The lowest BCUT2D eigenvalue weighted by atomic mass is 10.1. The van der Waals surface area contributed by atoms with Gasteiger partial charge in [-0.15, -0.1) is 0 Å². The Balaban J connectivity index is 2.14. The monoisotopic (exact) mass is 373 g/mol. The lowest BCUT2D eigenvalue weighted by molar-refractivity contribution is -0.386. The Morgan fingerprint density at radius 1 is 1.19 bits per heavy atom. The second-order valence-electron chi connectivity index (χ2n) is 5.41. The topological polar surface area (TPSA) is 108 Å². The van der Waals surface area contributed by atoms with E-state index in [1.54, 1.807) is 31.4 Å². The molecule has 1 N–H and O–H groups in total. The summed E-state index contributed by atoms with van der Waals surface area (Å²) in [7, 11) is 2.86. The molecule has 0 spiro atoms. The number of nitro groups is 1. The minimum absolute atomic E-state index is 0.0474.